The Bertz CT molecular complexity index is 429. The summed E-state index contributed by atoms with van der Waals surface area (Å²) in [6.45, 7) is 0.0130. The zero-order valence-electron chi connectivity index (χ0n) is 9.00. The molecule has 6 heteroatoms. The van der Waals surface area contributed by atoms with Crippen LogP contribution in [0.25, 0.3) is 0 Å². The minimum atomic E-state index is -0.578. The number of ether oxygens (including phenoxy) is 1. The number of carbonyl (C=O) groups is 1. The quantitative estimate of drug-likeness (QED) is 0.516. The van der Waals surface area contributed by atoms with Crippen molar-refractivity contribution in [2.45, 2.75) is 0 Å². The zero-order chi connectivity index (χ0) is 11.8. The molecular formula is C11H12Cl2NO2P. The Labute approximate surface area is 113 Å². The van der Waals surface area contributed by atoms with Crippen LogP contribution in [0, 0.1) is 11.8 Å². The number of halogens is 2. The summed E-state index contributed by atoms with van der Waals surface area (Å²) in [5, 5.41) is 3.05. The Kier molecular flexibility index (Phi) is 8.62. The van der Waals surface area contributed by atoms with Crippen molar-refractivity contribution in [2.24, 2.45) is 0 Å². The second-order valence-electron chi connectivity index (χ2n) is 2.70. The van der Waals surface area contributed by atoms with Crippen LogP contribution >= 0.6 is 33.1 Å². The molecule has 0 aliphatic heterocycles. The lowest BCUT2D eigenvalue weighted by Gasteiger charge is -2.04. The van der Waals surface area contributed by atoms with E-state index in [9.17, 15) is 4.79 Å². The van der Waals surface area contributed by atoms with Crippen LogP contribution in [0.5, 0.6) is 0 Å². The summed E-state index contributed by atoms with van der Waals surface area (Å²) >= 11 is 11.1. The van der Waals surface area contributed by atoms with Crippen LogP contribution in [0.1, 0.15) is 0 Å². The molecule has 0 fully saturated rings. The second-order valence-corrected chi connectivity index (χ2v) is 3.40. The van der Waals surface area contributed by atoms with E-state index >= 15 is 0 Å². The Balaban J connectivity index is 0.00000256. The van der Waals surface area contributed by atoms with Gasteiger partial charge in [-0.05, 0) is 18.2 Å². The van der Waals surface area contributed by atoms with Gasteiger partial charge in [-0.2, -0.15) is 9.90 Å². The first kappa shape index (κ1) is 16.1. The minimum Gasteiger partial charge on any atom is -0.436 e. The van der Waals surface area contributed by atoms with Gasteiger partial charge in [-0.3, -0.25) is 5.32 Å². The molecule has 3 nitrogen and oxygen atoms in total. The van der Waals surface area contributed by atoms with E-state index in [2.05, 4.69) is 17.2 Å². The fraction of sp³-hybridized carbons (Fsp3) is 0.182. The van der Waals surface area contributed by atoms with Crippen LogP contribution in [0.15, 0.2) is 24.3 Å². The van der Waals surface area contributed by atoms with Gasteiger partial charge < -0.3 is 4.74 Å². The summed E-state index contributed by atoms with van der Waals surface area (Å²) in [7, 11) is 0. The second kappa shape index (κ2) is 9.13. The average molecular weight is 292 g/mol. The molecule has 0 saturated heterocycles. The summed E-state index contributed by atoms with van der Waals surface area (Å²) in [6, 6.07) is 6.76. The highest BCUT2D eigenvalue weighted by Gasteiger charge is 2.01. The normalized spacial score (nSPS) is 8.35. The van der Waals surface area contributed by atoms with Crippen LogP contribution in [-0.2, 0) is 4.74 Å². The van der Waals surface area contributed by atoms with Crippen LogP contribution < -0.4 is 5.32 Å². The Morgan fingerprint density at radius 1 is 1.41 bits per heavy atom. The molecule has 92 valence electrons. The van der Waals surface area contributed by atoms with E-state index in [-0.39, 0.29) is 22.4 Å². The van der Waals surface area contributed by atoms with Crippen LogP contribution in [0.2, 0.25) is 5.02 Å². The van der Waals surface area contributed by atoms with E-state index in [1.165, 1.54) is 0 Å². The van der Waals surface area contributed by atoms with Crippen molar-refractivity contribution in [1.82, 2.24) is 0 Å². The molecule has 17 heavy (non-hydrogen) atoms. The highest BCUT2D eigenvalue weighted by Crippen LogP contribution is 2.14. The minimum absolute atomic E-state index is 0. The summed E-state index contributed by atoms with van der Waals surface area (Å²) in [6.07, 6.45) is -0.578. The Morgan fingerprint density at radius 3 is 2.82 bits per heavy atom. The summed E-state index contributed by atoms with van der Waals surface area (Å²) in [5.41, 5.74) is 0.572. The molecule has 0 heterocycles. The van der Waals surface area contributed by atoms with Crippen molar-refractivity contribution in [3.8, 4) is 11.8 Å². The van der Waals surface area contributed by atoms with Crippen LogP contribution in [0.4, 0.5) is 10.5 Å². The van der Waals surface area contributed by atoms with Crippen molar-refractivity contribution in [3.63, 3.8) is 0 Å². The Morgan fingerprint density at radius 2 is 2.18 bits per heavy atom. The summed E-state index contributed by atoms with van der Waals surface area (Å²) in [4.78, 5) is 11.2. The van der Waals surface area contributed by atoms with Gasteiger partial charge in [0.25, 0.3) is 0 Å². The summed E-state index contributed by atoms with van der Waals surface area (Å²) in [5.74, 6) is 5.36. The Hall–Kier alpha value is -0.940. The number of nitrogens with one attached hydrogen (secondary N) is 1. The number of amides is 1. The van der Waals surface area contributed by atoms with Gasteiger partial charge in [0, 0.05) is 10.7 Å². The summed E-state index contributed by atoms with van der Waals surface area (Å²) < 4.78 is 4.76. The lowest BCUT2D eigenvalue weighted by Crippen LogP contribution is -2.13. The van der Waals surface area contributed by atoms with Crippen molar-refractivity contribution in [2.75, 3.05) is 17.8 Å². The van der Waals surface area contributed by atoms with Crippen molar-refractivity contribution >= 4 is 44.9 Å². The fourth-order valence-electron chi connectivity index (χ4n) is 0.920. The van der Waals surface area contributed by atoms with Gasteiger partial charge in [-0.15, -0.1) is 11.6 Å². The molecule has 0 aliphatic rings. The third-order valence-corrected chi connectivity index (χ3v) is 1.91. The number of hydrogen-bond acceptors (Lipinski definition) is 2. The van der Waals surface area contributed by atoms with Gasteiger partial charge in [-0.1, -0.05) is 29.5 Å². The number of hydrogen-bond donors (Lipinski definition) is 1. The first-order chi connectivity index (χ1) is 7.72. The van der Waals surface area contributed by atoms with Crippen molar-refractivity contribution in [3.05, 3.63) is 29.3 Å². The first-order valence-corrected chi connectivity index (χ1v) is 5.34. The third-order valence-electron chi connectivity index (χ3n) is 1.54. The molecule has 1 amide bonds. The van der Waals surface area contributed by atoms with Gasteiger partial charge >= 0.3 is 6.09 Å². The smallest absolute Gasteiger partial charge is 0.412 e. The number of benzene rings is 1. The van der Waals surface area contributed by atoms with Crippen LogP contribution in [-0.4, -0.2) is 18.6 Å². The highest BCUT2D eigenvalue weighted by molar-refractivity contribution is 6.92. The number of carbonyl (C=O) groups excluding carboxylic acids is 1. The largest absolute Gasteiger partial charge is 0.436 e. The number of rotatable bonds is 2. The molecule has 0 saturated carbocycles. The van der Waals surface area contributed by atoms with Gasteiger partial charge in [0.05, 0.1) is 5.88 Å². The zero-order valence-corrected chi connectivity index (χ0v) is 11.9. The topological polar surface area (TPSA) is 38.3 Å². The SMILES string of the molecule is O=C(Nc1cccc(Cl)c1)OCC#CCCl.P. The molecule has 0 spiro atoms. The molecular weight excluding hydrogens is 280 g/mol. The molecule has 1 aromatic rings. The van der Waals surface area contributed by atoms with Gasteiger partial charge in [-0.25, -0.2) is 4.79 Å². The maximum absolute atomic E-state index is 11.2. The molecule has 1 aromatic carbocycles. The molecule has 0 radical (unpaired) electrons. The number of anilines is 1. The molecule has 0 aliphatic carbocycles. The predicted octanol–water partition coefficient (Wildman–Crippen LogP) is 3.19. The molecule has 0 bridgehead atoms. The van der Waals surface area contributed by atoms with Crippen molar-refractivity contribution in [1.29, 1.82) is 0 Å². The van der Waals surface area contributed by atoms with Crippen LogP contribution in [0.3, 0.4) is 0 Å². The molecule has 0 aromatic heterocycles. The lowest BCUT2D eigenvalue weighted by atomic mass is 10.3. The van der Waals surface area contributed by atoms with E-state index in [1.54, 1.807) is 24.3 Å². The number of alkyl halides is 1. The van der Waals surface area contributed by atoms with E-state index in [1.807, 2.05) is 0 Å². The molecule has 1 N–H and O–H groups in total. The maximum Gasteiger partial charge on any atom is 0.412 e. The molecule has 1 unspecified atom stereocenters. The predicted molar refractivity (Wildman–Crippen MR) is 76.0 cm³/mol. The molecule has 1 rings (SSSR count). The van der Waals surface area contributed by atoms with Gasteiger partial charge in [0.2, 0.25) is 0 Å². The van der Waals surface area contributed by atoms with E-state index < -0.39 is 6.09 Å². The van der Waals surface area contributed by atoms with E-state index in [0.717, 1.165) is 0 Å². The third kappa shape index (κ3) is 7.07. The average Bonchev–Trinajstić information content (AvgIpc) is 2.24. The monoisotopic (exact) mass is 291 g/mol. The van der Waals surface area contributed by atoms with Crippen molar-refractivity contribution < 1.29 is 9.53 Å². The first-order valence-electron chi connectivity index (χ1n) is 4.43. The van der Waals surface area contributed by atoms with E-state index in [4.69, 9.17) is 27.9 Å². The standard InChI is InChI=1S/C11H9Cl2NO2.H3P/c12-6-1-2-7-16-11(15)14-10-5-3-4-9(13)8-10;/h3-5,8H,6-7H2,(H,14,15);1H3. The van der Waals surface area contributed by atoms with E-state index in [0.29, 0.717) is 10.7 Å². The van der Waals surface area contributed by atoms with Gasteiger partial charge in [0.15, 0.2) is 6.61 Å². The van der Waals surface area contributed by atoms with Gasteiger partial charge in [0.1, 0.15) is 0 Å². The molecule has 1 atom stereocenters. The fourth-order valence-corrected chi connectivity index (χ4v) is 1.20. The lowest BCUT2D eigenvalue weighted by molar-refractivity contribution is 0.176. The maximum atomic E-state index is 11.2. The highest BCUT2D eigenvalue weighted by atomic mass is 35.5.